The molecular formula is C8H11NO2. The Morgan fingerprint density at radius 2 is 2.36 bits per heavy atom. The van der Waals surface area contributed by atoms with Crippen LogP contribution in [0, 0.1) is 6.92 Å². The molecule has 2 N–H and O–H groups in total. The number of hydrogen-bond acceptors (Lipinski definition) is 3. The van der Waals surface area contributed by atoms with Gasteiger partial charge in [0.2, 0.25) is 0 Å². The minimum absolute atomic E-state index is 0.0457. The van der Waals surface area contributed by atoms with E-state index in [1.165, 1.54) is 0 Å². The van der Waals surface area contributed by atoms with Crippen LogP contribution in [0.5, 0.6) is 0 Å². The van der Waals surface area contributed by atoms with Crippen molar-refractivity contribution in [2.75, 3.05) is 5.73 Å². The zero-order chi connectivity index (χ0) is 8.43. The normalized spacial score (nSPS) is 10.0. The van der Waals surface area contributed by atoms with Crippen LogP contribution in [0.4, 0.5) is 5.69 Å². The second-order valence-corrected chi connectivity index (χ2v) is 2.42. The summed E-state index contributed by atoms with van der Waals surface area (Å²) in [6.45, 7) is 3.54. The lowest BCUT2D eigenvalue weighted by Crippen LogP contribution is -1.98. The van der Waals surface area contributed by atoms with Crippen LogP contribution in [0.2, 0.25) is 0 Å². The highest BCUT2D eigenvalue weighted by atomic mass is 16.3. The Balaban J connectivity index is 3.03. The van der Waals surface area contributed by atoms with Crippen LogP contribution >= 0.6 is 0 Å². The van der Waals surface area contributed by atoms with Gasteiger partial charge in [0.25, 0.3) is 0 Å². The molecule has 0 aliphatic carbocycles. The number of rotatable bonds is 2. The van der Waals surface area contributed by atoms with E-state index in [2.05, 4.69) is 0 Å². The molecule has 0 aliphatic rings. The van der Waals surface area contributed by atoms with Gasteiger partial charge in [-0.15, -0.1) is 0 Å². The Kier molecular flexibility index (Phi) is 1.98. The number of nitrogens with two attached hydrogens (primary N) is 1. The van der Waals surface area contributed by atoms with Crippen molar-refractivity contribution >= 4 is 11.5 Å². The molecule has 0 bridgehead atoms. The first-order chi connectivity index (χ1) is 5.15. The predicted molar refractivity (Wildman–Crippen MR) is 42.5 cm³/mol. The minimum Gasteiger partial charge on any atom is -0.456 e. The van der Waals surface area contributed by atoms with Gasteiger partial charge in [-0.1, -0.05) is 6.92 Å². The maximum Gasteiger partial charge on any atom is 0.199 e. The highest BCUT2D eigenvalue weighted by molar-refractivity contribution is 5.97. The van der Waals surface area contributed by atoms with E-state index in [0.717, 1.165) is 0 Å². The Labute approximate surface area is 65.2 Å². The molecule has 0 spiro atoms. The third-order valence-corrected chi connectivity index (χ3v) is 1.46. The van der Waals surface area contributed by atoms with E-state index in [-0.39, 0.29) is 5.78 Å². The number of furan rings is 1. The molecule has 60 valence electrons. The number of carbonyl (C=O) groups is 1. The molecule has 0 saturated carbocycles. The molecule has 0 aromatic carbocycles. The Hall–Kier alpha value is -1.25. The Morgan fingerprint density at radius 3 is 2.73 bits per heavy atom. The molecule has 1 rings (SSSR count). The van der Waals surface area contributed by atoms with Gasteiger partial charge in [-0.05, 0) is 6.92 Å². The number of nitrogen functional groups attached to an aromatic ring is 1. The first kappa shape index (κ1) is 7.85. The van der Waals surface area contributed by atoms with Gasteiger partial charge >= 0.3 is 0 Å². The van der Waals surface area contributed by atoms with Crippen molar-refractivity contribution < 1.29 is 9.21 Å². The van der Waals surface area contributed by atoms with Crippen LogP contribution in [-0.2, 0) is 0 Å². The molecule has 1 heterocycles. The van der Waals surface area contributed by atoms with E-state index in [9.17, 15) is 4.79 Å². The zero-order valence-electron chi connectivity index (χ0n) is 6.68. The minimum atomic E-state index is -0.0457. The average molecular weight is 153 g/mol. The Morgan fingerprint density at radius 1 is 1.73 bits per heavy atom. The van der Waals surface area contributed by atoms with Crippen molar-refractivity contribution in [2.45, 2.75) is 20.3 Å². The van der Waals surface area contributed by atoms with Gasteiger partial charge in [-0.2, -0.15) is 0 Å². The summed E-state index contributed by atoms with van der Waals surface area (Å²) in [4.78, 5) is 11.1. The number of Topliss-reactive ketones (excluding diaryl/α,β-unsaturated/α-hetero) is 1. The fourth-order valence-corrected chi connectivity index (χ4v) is 0.912. The van der Waals surface area contributed by atoms with Crippen molar-refractivity contribution in [2.24, 2.45) is 0 Å². The number of anilines is 1. The summed E-state index contributed by atoms with van der Waals surface area (Å²) in [5.74, 6) is 0.930. The van der Waals surface area contributed by atoms with Gasteiger partial charge in [0, 0.05) is 12.5 Å². The molecule has 0 saturated heterocycles. The second-order valence-electron chi connectivity index (χ2n) is 2.42. The zero-order valence-corrected chi connectivity index (χ0v) is 6.68. The fourth-order valence-electron chi connectivity index (χ4n) is 0.912. The van der Waals surface area contributed by atoms with Crippen molar-refractivity contribution in [1.82, 2.24) is 0 Å². The Bertz CT molecular complexity index is 276. The predicted octanol–water partition coefficient (Wildman–Crippen LogP) is 1.76. The van der Waals surface area contributed by atoms with E-state index in [1.807, 2.05) is 0 Å². The molecule has 0 fully saturated rings. The third-order valence-electron chi connectivity index (χ3n) is 1.46. The number of hydrogen-bond donors (Lipinski definition) is 1. The molecule has 3 nitrogen and oxygen atoms in total. The van der Waals surface area contributed by atoms with Crippen molar-refractivity contribution in [3.05, 3.63) is 17.6 Å². The van der Waals surface area contributed by atoms with E-state index >= 15 is 0 Å². The maximum atomic E-state index is 11.1. The van der Waals surface area contributed by atoms with Crippen LogP contribution in [0.25, 0.3) is 0 Å². The molecule has 0 atom stereocenters. The van der Waals surface area contributed by atoms with Crippen LogP contribution in [0.1, 0.15) is 29.7 Å². The van der Waals surface area contributed by atoms with Crippen molar-refractivity contribution in [1.29, 1.82) is 0 Å². The molecule has 3 heteroatoms. The molecule has 0 amide bonds. The smallest absolute Gasteiger partial charge is 0.199 e. The van der Waals surface area contributed by atoms with Gasteiger partial charge in [-0.25, -0.2) is 0 Å². The van der Waals surface area contributed by atoms with Crippen molar-refractivity contribution in [3.63, 3.8) is 0 Å². The first-order valence-corrected chi connectivity index (χ1v) is 3.54. The van der Waals surface area contributed by atoms with Crippen LogP contribution in [-0.4, -0.2) is 5.78 Å². The highest BCUT2D eigenvalue weighted by Crippen LogP contribution is 2.18. The first-order valence-electron chi connectivity index (χ1n) is 3.54. The highest BCUT2D eigenvalue weighted by Gasteiger charge is 2.12. The average Bonchev–Trinajstić information content (AvgIpc) is 2.28. The van der Waals surface area contributed by atoms with Crippen LogP contribution < -0.4 is 5.73 Å². The largest absolute Gasteiger partial charge is 0.456 e. The van der Waals surface area contributed by atoms with Crippen molar-refractivity contribution in [3.8, 4) is 0 Å². The van der Waals surface area contributed by atoms with Crippen LogP contribution in [0.3, 0.4) is 0 Å². The lowest BCUT2D eigenvalue weighted by Gasteiger charge is -1.91. The van der Waals surface area contributed by atoms with Gasteiger partial charge in [0.1, 0.15) is 5.76 Å². The summed E-state index contributed by atoms with van der Waals surface area (Å²) in [5.41, 5.74) is 5.94. The molecule has 11 heavy (non-hydrogen) atoms. The van der Waals surface area contributed by atoms with Gasteiger partial charge in [0.15, 0.2) is 11.5 Å². The number of ketones is 1. The van der Waals surface area contributed by atoms with Gasteiger partial charge < -0.3 is 10.2 Å². The third kappa shape index (κ3) is 1.42. The standard InChI is InChI=1S/C8H11NO2/c1-3-7(10)8-6(9)4-5(2)11-8/h4H,3,9H2,1-2H3. The summed E-state index contributed by atoms with van der Waals surface area (Å²) < 4.78 is 5.09. The molecule has 0 aliphatic heterocycles. The summed E-state index contributed by atoms with van der Waals surface area (Å²) in [5, 5.41) is 0. The monoisotopic (exact) mass is 153 g/mol. The number of aryl methyl sites for hydroxylation is 1. The summed E-state index contributed by atoms with van der Waals surface area (Å²) >= 11 is 0. The topological polar surface area (TPSA) is 56.2 Å². The quantitative estimate of drug-likeness (QED) is 0.658. The van der Waals surface area contributed by atoms with Crippen LogP contribution in [0.15, 0.2) is 10.5 Å². The summed E-state index contributed by atoms with van der Waals surface area (Å²) in [7, 11) is 0. The summed E-state index contributed by atoms with van der Waals surface area (Å²) in [6, 6.07) is 1.66. The lowest BCUT2D eigenvalue weighted by molar-refractivity contribution is 0.0961. The molecule has 0 radical (unpaired) electrons. The van der Waals surface area contributed by atoms with E-state index < -0.39 is 0 Å². The van der Waals surface area contributed by atoms with Gasteiger partial charge in [0.05, 0.1) is 5.69 Å². The maximum absolute atomic E-state index is 11.1. The SMILES string of the molecule is CCC(=O)c1oc(C)cc1N. The molecule has 1 aromatic rings. The lowest BCUT2D eigenvalue weighted by atomic mass is 10.2. The fraction of sp³-hybridized carbons (Fsp3) is 0.375. The van der Waals surface area contributed by atoms with Gasteiger partial charge in [-0.3, -0.25) is 4.79 Å². The van der Waals surface area contributed by atoms with E-state index in [0.29, 0.717) is 23.6 Å². The van der Waals surface area contributed by atoms with E-state index in [4.69, 9.17) is 10.2 Å². The second kappa shape index (κ2) is 2.78. The molecule has 1 aromatic heterocycles. The van der Waals surface area contributed by atoms with E-state index in [1.54, 1.807) is 19.9 Å². The number of carbonyl (C=O) groups excluding carboxylic acids is 1. The molecular weight excluding hydrogens is 142 g/mol. The molecule has 0 unspecified atom stereocenters. The summed E-state index contributed by atoms with van der Waals surface area (Å²) in [6.07, 6.45) is 0.428.